The third-order valence-corrected chi connectivity index (χ3v) is 6.42. The first-order valence-corrected chi connectivity index (χ1v) is 12.0. The molecule has 3 fully saturated rings. The number of hydrogen-bond acceptors (Lipinski definition) is 9. The summed E-state index contributed by atoms with van der Waals surface area (Å²) in [5.41, 5.74) is 0.247. The van der Waals surface area contributed by atoms with Crippen LogP contribution in [0.2, 0.25) is 0 Å². The molecular formula is C23H33F2N5O4. The van der Waals surface area contributed by atoms with Gasteiger partial charge in [0.05, 0.1) is 23.2 Å². The van der Waals surface area contributed by atoms with E-state index in [1.807, 2.05) is 11.8 Å². The van der Waals surface area contributed by atoms with Gasteiger partial charge < -0.3 is 29.9 Å². The first-order valence-electron chi connectivity index (χ1n) is 12.0. The smallest absolute Gasteiger partial charge is 0.323 e. The largest absolute Gasteiger partial charge is 0.408 e. The molecule has 0 amide bonds. The summed E-state index contributed by atoms with van der Waals surface area (Å²) >= 11 is 0. The molecule has 3 aliphatic rings. The maximum absolute atomic E-state index is 14.5. The number of anilines is 1. The first kappa shape index (κ1) is 24.9. The van der Waals surface area contributed by atoms with Crippen molar-refractivity contribution < 1.29 is 28.5 Å². The van der Waals surface area contributed by atoms with Gasteiger partial charge in [-0.2, -0.15) is 9.97 Å². The Morgan fingerprint density at radius 3 is 2.85 bits per heavy atom. The van der Waals surface area contributed by atoms with Crippen LogP contribution in [0.4, 0.5) is 14.6 Å². The number of aromatic nitrogens is 3. The Bertz CT molecular complexity index is 976. The van der Waals surface area contributed by atoms with Gasteiger partial charge in [0.1, 0.15) is 17.5 Å². The molecule has 34 heavy (non-hydrogen) atoms. The zero-order valence-corrected chi connectivity index (χ0v) is 19.6. The maximum atomic E-state index is 14.5. The van der Waals surface area contributed by atoms with Crippen LogP contribution in [0, 0.1) is 12.7 Å². The number of nitrogens with zero attached hydrogens (tertiary/aromatic N) is 4. The number of alkyl halides is 1. The van der Waals surface area contributed by atoms with Crippen LogP contribution in [-0.2, 0) is 4.74 Å². The van der Waals surface area contributed by atoms with Gasteiger partial charge in [-0.05, 0) is 52.0 Å². The molecule has 2 aromatic rings. The van der Waals surface area contributed by atoms with Gasteiger partial charge in [-0.1, -0.05) is 6.92 Å². The van der Waals surface area contributed by atoms with Gasteiger partial charge in [0.25, 0.3) is 0 Å². The fraction of sp³-hybridized carbons (Fsp3) is 0.696. The van der Waals surface area contributed by atoms with E-state index in [2.05, 4.69) is 20.3 Å². The number of aryl methyl sites for hydroxylation is 1. The molecule has 11 heteroatoms. The Kier molecular flexibility index (Phi) is 8.07. The predicted molar refractivity (Wildman–Crippen MR) is 122 cm³/mol. The molecule has 188 valence electrons. The summed E-state index contributed by atoms with van der Waals surface area (Å²) in [6, 6.07) is 0.344. The van der Waals surface area contributed by atoms with Gasteiger partial charge in [0, 0.05) is 25.4 Å². The average Bonchev–Trinajstić information content (AvgIpc) is 3.44. The van der Waals surface area contributed by atoms with E-state index in [1.54, 1.807) is 0 Å². The molecule has 2 aromatic heterocycles. The fourth-order valence-electron chi connectivity index (χ4n) is 4.48. The highest BCUT2D eigenvalue weighted by molar-refractivity contribution is 5.90. The number of aliphatic hydroxyl groups is 2. The predicted octanol–water partition coefficient (Wildman–Crippen LogP) is 2.36. The topological polar surface area (TPSA) is 113 Å². The second kappa shape index (κ2) is 11.0. The first-order chi connectivity index (χ1) is 16.4. The molecule has 2 aliphatic heterocycles. The van der Waals surface area contributed by atoms with E-state index in [-0.39, 0.29) is 29.4 Å². The van der Waals surface area contributed by atoms with Crippen molar-refractivity contribution >= 4 is 16.7 Å². The van der Waals surface area contributed by atoms with Crippen molar-refractivity contribution in [3.63, 3.8) is 0 Å². The fourth-order valence-corrected chi connectivity index (χ4v) is 4.48. The van der Waals surface area contributed by atoms with E-state index in [9.17, 15) is 8.78 Å². The normalized spacial score (nSPS) is 24.9. The molecule has 4 atom stereocenters. The van der Waals surface area contributed by atoms with Crippen LogP contribution in [0.15, 0.2) is 6.20 Å². The van der Waals surface area contributed by atoms with Crippen molar-refractivity contribution in [3.8, 4) is 6.01 Å². The van der Waals surface area contributed by atoms with Gasteiger partial charge in [-0.15, -0.1) is 0 Å². The summed E-state index contributed by atoms with van der Waals surface area (Å²) in [5.74, 6) is -0.105. The lowest BCUT2D eigenvalue weighted by Crippen LogP contribution is -2.29. The molecule has 1 aliphatic carbocycles. The summed E-state index contributed by atoms with van der Waals surface area (Å²) in [5, 5.41) is 21.8. The summed E-state index contributed by atoms with van der Waals surface area (Å²) in [4.78, 5) is 14.3. The summed E-state index contributed by atoms with van der Waals surface area (Å²) in [6.07, 6.45) is 6.57. The minimum atomic E-state index is -2.08. The summed E-state index contributed by atoms with van der Waals surface area (Å²) < 4.78 is 37.7. The Hall–Kier alpha value is -2.21. The Morgan fingerprint density at radius 1 is 1.32 bits per heavy atom. The van der Waals surface area contributed by atoms with E-state index < -0.39 is 18.5 Å². The lowest BCUT2D eigenvalue weighted by atomic mass is 10.1. The SMILES string of the molecule is CCC(F)CC1CCCN1.Cc1ncc2c(N3CCCOC4CC43)nc(OC(O)O)nc2c1F. The molecule has 4 heterocycles. The quantitative estimate of drug-likeness (QED) is 0.535. The number of nitrogens with one attached hydrogen (secondary N) is 1. The van der Waals surface area contributed by atoms with Crippen molar-refractivity contribution in [2.24, 2.45) is 0 Å². The zero-order valence-electron chi connectivity index (χ0n) is 19.6. The average molecular weight is 482 g/mol. The molecule has 9 nitrogen and oxygen atoms in total. The summed E-state index contributed by atoms with van der Waals surface area (Å²) in [6.45, 7) is 3.81. The second-order valence-corrected chi connectivity index (χ2v) is 8.99. The van der Waals surface area contributed by atoms with Gasteiger partial charge >= 0.3 is 12.5 Å². The molecule has 4 unspecified atom stereocenters. The van der Waals surface area contributed by atoms with E-state index in [0.29, 0.717) is 36.8 Å². The minimum Gasteiger partial charge on any atom is -0.408 e. The molecule has 0 spiro atoms. The molecule has 1 saturated carbocycles. The third-order valence-electron chi connectivity index (χ3n) is 6.42. The highest BCUT2D eigenvalue weighted by Crippen LogP contribution is 2.39. The number of hydrogen-bond donors (Lipinski definition) is 3. The van der Waals surface area contributed by atoms with Gasteiger partial charge in [-0.3, -0.25) is 4.98 Å². The highest BCUT2D eigenvalue weighted by atomic mass is 19.1. The maximum Gasteiger partial charge on any atom is 0.323 e. The number of fused-ring (bicyclic) bond motifs is 2. The molecule has 2 saturated heterocycles. The molecule has 0 bridgehead atoms. The summed E-state index contributed by atoms with van der Waals surface area (Å²) in [7, 11) is 0. The molecule has 3 N–H and O–H groups in total. The number of aliphatic hydroxyl groups excluding tert-OH is 1. The van der Waals surface area contributed by atoms with E-state index in [0.717, 1.165) is 25.8 Å². The van der Waals surface area contributed by atoms with Gasteiger partial charge in [0.2, 0.25) is 0 Å². The number of ether oxygens (including phenoxy) is 2. The lowest BCUT2D eigenvalue weighted by molar-refractivity contribution is -0.183. The zero-order chi connectivity index (χ0) is 24.2. The van der Waals surface area contributed by atoms with Crippen LogP contribution in [0.1, 0.15) is 51.1 Å². The number of halogens is 2. The van der Waals surface area contributed by atoms with Crippen molar-refractivity contribution in [1.29, 1.82) is 0 Å². The van der Waals surface area contributed by atoms with Gasteiger partial charge in [0.15, 0.2) is 5.82 Å². The molecular weight excluding hydrogens is 448 g/mol. The monoisotopic (exact) mass is 481 g/mol. The molecule has 0 aromatic carbocycles. The standard InChI is InChI=1S/C15H17FN4O4.C8H16FN/c1-7-11(16)12-8(6-17-7)13(19-14(18-12)24-15(21)22)20-3-2-4-23-10-5-9(10)20;1-2-7(9)6-8-4-3-5-10-8/h6,9-10,15,21-22H,2-5H2,1H3;7-8,10H,2-6H2,1H3. The highest BCUT2D eigenvalue weighted by Gasteiger charge is 2.45. The Labute approximate surface area is 197 Å². The van der Waals surface area contributed by atoms with Crippen LogP contribution >= 0.6 is 0 Å². The minimum absolute atomic E-state index is 0.0468. The van der Waals surface area contributed by atoms with Crippen LogP contribution in [-0.4, -0.2) is 75.7 Å². The van der Waals surface area contributed by atoms with Crippen molar-refractivity contribution in [3.05, 3.63) is 17.7 Å². The Balaban J connectivity index is 0.000000231. The van der Waals surface area contributed by atoms with Crippen molar-refractivity contribution in [2.45, 2.75) is 83.2 Å². The Morgan fingerprint density at radius 2 is 2.15 bits per heavy atom. The number of rotatable bonds is 6. The van der Waals surface area contributed by atoms with E-state index in [4.69, 9.17) is 19.7 Å². The van der Waals surface area contributed by atoms with Gasteiger partial charge in [-0.25, -0.2) is 8.78 Å². The molecule has 5 rings (SSSR count). The van der Waals surface area contributed by atoms with Crippen LogP contribution in [0.25, 0.3) is 10.9 Å². The van der Waals surface area contributed by atoms with Crippen LogP contribution in [0.5, 0.6) is 6.01 Å². The van der Waals surface area contributed by atoms with Crippen LogP contribution < -0.4 is 15.0 Å². The van der Waals surface area contributed by atoms with E-state index >= 15 is 0 Å². The third kappa shape index (κ3) is 5.88. The van der Waals surface area contributed by atoms with Crippen LogP contribution in [0.3, 0.4) is 0 Å². The molecule has 0 radical (unpaired) electrons. The van der Waals surface area contributed by atoms with E-state index in [1.165, 1.54) is 26.0 Å². The van der Waals surface area contributed by atoms with Crippen molar-refractivity contribution in [2.75, 3.05) is 24.6 Å². The number of pyridine rings is 1. The van der Waals surface area contributed by atoms with Crippen molar-refractivity contribution in [1.82, 2.24) is 20.3 Å². The second-order valence-electron chi connectivity index (χ2n) is 8.99. The lowest BCUT2D eigenvalue weighted by Gasteiger charge is -2.24.